The number of halogens is 1. The zero-order valence-electron chi connectivity index (χ0n) is 14.2. The first-order valence-electron chi connectivity index (χ1n) is 8.19. The molecule has 0 aliphatic carbocycles. The number of nitrogens with one attached hydrogen (secondary N) is 2. The largest absolute Gasteiger partial charge is 0.494 e. The standard InChI is InChI=1S/C19H22N2O3.ClH/c1-23-18-13-16(24-15-5-3-2-4-6-15)7-8-17(18)21-19(22)14-9-11-20-12-10-14;/h2-8,13-14,20H,9-12H2,1H3,(H,21,22);1H. The lowest BCUT2D eigenvalue weighted by molar-refractivity contribution is -0.120. The Kier molecular flexibility index (Phi) is 7.10. The van der Waals surface area contributed by atoms with Crippen molar-refractivity contribution in [3.05, 3.63) is 48.5 Å². The molecule has 0 saturated carbocycles. The molecule has 1 heterocycles. The fraction of sp³-hybridized carbons (Fsp3) is 0.316. The summed E-state index contributed by atoms with van der Waals surface area (Å²) in [5, 5.41) is 6.24. The van der Waals surface area contributed by atoms with Crippen LogP contribution in [0.25, 0.3) is 0 Å². The molecule has 2 N–H and O–H groups in total. The fourth-order valence-electron chi connectivity index (χ4n) is 2.78. The predicted octanol–water partition coefficient (Wildman–Crippen LogP) is 3.85. The first-order chi connectivity index (χ1) is 11.8. The summed E-state index contributed by atoms with van der Waals surface area (Å²) in [5.41, 5.74) is 0.668. The van der Waals surface area contributed by atoms with Crippen LogP contribution in [0.1, 0.15) is 12.8 Å². The Labute approximate surface area is 154 Å². The van der Waals surface area contributed by atoms with E-state index in [1.165, 1.54) is 0 Å². The number of carbonyl (C=O) groups excluding carboxylic acids is 1. The first kappa shape index (κ1) is 19.1. The summed E-state index contributed by atoms with van der Waals surface area (Å²) in [4.78, 5) is 12.4. The quantitative estimate of drug-likeness (QED) is 0.848. The summed E-state index contributed by atoms with van der Waals surface area (Å²) in [6.45, 7) is 1.78. The Bertz CT molecular complexity index is 688. The predicted molar refractivity (Wildman–Crippen MR) is 101 cm³/mol. The molecule has 1 aliphatic heterocycles. The molecule has 5 nitrogen and oxygen atoms in total. The third-order valence-corrected chi connectivity index (χ3v) is 4.12. The average molecular weight is 363 g/mol. The van der Waals surface area contributed by atoms with Crippen LogP contribution in [0.4, 0.5) is 5.69 Å². The van der Waals surface area contributed by atoms with Gasteiger partial charge in [0, 0.05) is 12.0 Å². The van der Waals surface area contributed by atoms with Gasteiger partial charge >= 0.3 is 0 Å². The van der Waals surface area contributed by atoms with Gasteiger partial charge in [-0.15, -0.1) is 12.4 Å². The number of piperidine rings is 1. The van der Waals surface area contributed by atoms with E-state index >= 15 is 0 Å². The maximum atomic E-state index is 12.4. The maximum absolute atomic E-state index is 12.4. The third kappa shape index (κ3) is 5.11. The molecule has 0 aromatic heterocycles. The zero-order chi connectivity index (χ0) is 16.8. The normalized spacial score (nSPS) is 14.3. The van der Waals surface area contributed by atoms with Crippen LogP contribution in [0, 0.1) is 5.92 Å². The lowest BCUT2D eigenvalue weighted by Crippen LogP contribution is -2.34. The zero-order valence-corrected chi connectivity index (χ0v) is 15.0. The number of anilines is 1. The van der Waals surface area contributed by atoms with Crippen LogP contribution in [-0.4, -0.2) is 26.1 Å². The Hall–Kier alpha value is -2.24. The van der Waals surface area contributed by atoms with Crippen molar-refractivity contribution in [3.63, 3.8) is 0 Å². The van der Waals surface area contributed by atoms with Crippen molar-refractivity contribution in [1.82, 2.24) is 5.32 Å². The molecule has 1 amide bonds. The molecule has 0 bridgehead atoms. The molecule has 6 heteroatoms. The van der Waals surface area contributed by atoms with Crippen LogP contribution in [-0.2, 0) is 4.79 Å². The van der Waals surface area contributed by atoms with E-state index in [0.717, 1.165) is 31.7 Å². The number of hydrogen-bond acceptors (Lipinski definition) is 4. The second kappa shape index (κ2) is 9.30. The first-order valence-corrected chi connectivity index (χ1v) is 8.19. The van der Waals surface area contributed by atoms with Gasteiger partial charge in [-0.1, -0.05) is 18.2 Å². The van der Waals surface area contributed by atoms with Gasteiger partial charge in [-0.2, -0.15) is 0 Å². The van der Waals surface area contributed by atoms with Gasteiger partial charge in [0.2, 0.25) is 5.91 Å². The number of amides is 1. The van der Waals surface area contributed by atoms with Gasteiger partial charge in [0.05, 0.1) is 12.8 Å². The van der Waals surface area contributed by atoms with Gasteiger partial charge in [0.15, 0.2) is 0 Å². The second-order valence-electron chi connectivity index (χ2n) is 5.79. The number of methoxy groups -OCH3 is 1. The van der Waals surface area contributed by atoms with Gasteiger partial charge in [-0.05, 0) is 50.2 Å². The highest BCUT2D eigenvalue weighted by Crippen LogP contribution is 2.32. The van der Waals surface area contributed by atoms with Crippen molar-refractivity contribution < 1.29 is 14.3 Å². The lowest BCUT2D eigenvalue weighted by Gasteiger charge is -2.22. The van der Waals surface area contributed by atoms with E-state index in [-0.39, 0.29) is 24.2 Å². The van der Waals surface area contributed by atoms with Crippen molar-refractivity contribution in [2.24, 2.45) is 5.92 Å². The van der Waals surface area contributed by atoms with Crippen molar-refractivity contribution in [2.45, 2.75) is 12.8 Å². The van der Waals surface area contributed by atoms with E-state index in [1.807, 2.05) is 42.5 Å². The number of rotatable bonds is 5. The summed E-state index contributed by atoms with van der Waals surface area (Å²) in [5.74, 6) is 2.11. The number of benzene rings is 2. The molecule has 0 unspecified atom stereocenters. The molecule has 2 aromatic rings. The Balaban J connectivity index is 0.00000225. The van der Waals surface area contributed by atoms with E-state index in [9.17, 15) is 4.79 Å². The minimum Gasteiger partial charge on any atom is -0.494 e. The lowest BCUT2D eigenvalue weighted by atomic mass is 9.97. The number of carbonyl (C=O) groups is 1. The number of ether oxygens (including phenoxy) is 2. The van der Waals surface area contributed by atoms with Crippen molar-refractivity contribution in [2.75, 3.05) is 25.5 Å². The fourth-order valence-corrected chi connectivity index (χ4v) is 2.78. The molecule has 0 radical (unpaired) electrons. The van der Waals surface area contributed by atoms with Crippen molar-refractivity contribution in [1.29, 1.82) is 0 Å². The summed E-state index contributed by atoms with van der Waals surface area (Å²) < 4.78 is 11.2. The Morgan fingerprint density at radius 2 is 1.80 bits per heavy atom. The molecule has 0 spiro atoms. The highest BCUT2D eigenvalue weighted by molar-refractivity contribution is 5.94. The monoisotopic (exact) mass is 362 g/mol. The van der Waals surface area contributed by atoms with Crippen LogP contribution in [0.2, 0.25) is 0 Å². The molecule has 1 aliphatic rings. The molecule has 1 saturated heterocycles. The molecule has 1 fully saturated rings. The minimum absolute atomic E-state index is 0. The molecular formula is C19H23ClN2O3. The summed E-state index contributed by atoms with van der Waals surface area (Å²) in [6.07, 6.45) is 1.73. The minimum atomic E-state index is 0. The van der Waals surface area contributed by atoms with Crippen LogP contribution in [0.15, 0.2) is 48.5 Å². The molecule has 25 heavy (non-hydrogen) atoms. The molecule has 3 rings (SSSR count). The maximum Gasteiger partial charge on any atom is 0.227 e. The van der Waals surface area contributed by atoms with E-state index in [0.29, 0.717) is 17.2 Å². The van der Waals surface area contributed by atoms with Crippen LogP contribution < -0.4 is 20.1 Å². The van der Waals surface area contributed by atoms with Gasteiger partial charge in [0.1, 0.15) is 17.2 Å². The van der Waals surface area contributed by atoms with E-state index in [1.54, 1.807) is 13.2 Å². The van der Waals surface area contributed by atoms with Crippen LogP contribution in [0.5, 0.6) is 17.2 Å². The topological polar surface area (TPSA) is 59.6 Å². The second-order valence-corrected chi connectivity index (χ2v) is 5.79. The number of para-hydroxylation sites is 1. The van der Waals surface area contributed by atoms with E-state index < -0.39 is 0 Å². The highest BCUT2D eigenvalue weighted by atomic mass is 35.5. The SMILES string of the molecule is COc1cc(Oc2ccccc2)ccc1NC(=O)C1CCNCC1.Cl. The van der Waals surface area contributed by atoms with Crippen LogP contribution in [0.3, 0.4) is 0 Å². The van der Waals surface area contributed by atoms with Gasteiger partial charge in [-0.25, -0.2) is 0 Å². The van der Waals surface area contributed by atoms with E-state index in [2.05, 4.69) is 10.6 Å². The van der Waals surface area contributed by atoms with Crippen molar-refractivity contribution in [3.8, 4) is 17.2 Å². The van der Waals surface area contributed by atoms with Gasteiger partial charge in [-0.3, -0.25) is 4.79 Å². The summed E-state index contributed by atoms with van der Waals surface area (Å²) in [6, 6.07) is 15.0. The summed E-state index contributed by atoms with van der Waals surface area (Å²) in [7, 11) is 1.59. The van der Waals surface area contributed by atoms with Gasteiger partial charge in [0.25, 0.3) is 0 Å². The molecular weight excluding hydrogens is 340 g/mol. The smallest absolute Gasteiger partial charge is 0.227 e. The Morgan fingerprint density at radius 3 is 2.48 bits per heavy atom. The molecule has 134 valence electrons. The number of hydrogen-bond donors (Lipinski definition) is 2. The van der Waals surface area contributed by atoms with E-state index in [4.69, 9.17) is 9.47 Å². The van der Waals surface area contributed by atoms with Gasteiger partial charge < -0.3 is 20.1 Å². The molecule has 2 aromatic carbocycles. The molecule has 0 atom stereocenters. The van der Waals surface area contributed by atoms with Crippen molar-refractivity contribution >= 4 is 24.0 Å². The Morgan fingerprint density at radius 1 is 1.08 bits per heavy atom. The average Bonchev–Trinajstić information content (AvgIpc) is 2.64. The highest BCUT2D eigenvalue weighted by Gasteiger charge is 2.21. The van der Waals surface area contributed by atoms with Crippen LogP contribution >= 0.6 is 12.4 Å². The third-order valence-electron chi connectivity index (χ3n) is 4.12. The summed E-state index contributed by atoms with van der Waals surface area (Å²) >= 11 is 0.